The molecule has 0 aliphatic carbocycles. The molecular formula is C13H13ClN2. The highest BCUT2D eigenvalue weighted by atomic mass is 35.5. The molecule has 0 aliphatic rings. The van der Waals surface area contributed by atoms with Gasteiger partial charge in [0.2, 0.25) is 0 Å². The summed E-state index contributed by atoms with van der Waals surface area (Å²) in [6, 6.07) is 12.0. The van der Waals surface area contributed by atoms with Crippen LogP contribution in [0.2, 0.25) is 5.15 Å². The standard InChI is InChI=1S/C13H13ClN2/c1-9-5-3-4-6-11(9)10(2)12-7-8-13(14)16-15-12/h3-8,10H,1-2H3. The van der Waals surface area contributed by atoms with Crippen molar-refractivity contribution in [2.24, 2.45) is 0 Å². The first-order chi connectivity index (χ1) is 7.68. The average Bonchev–Trinajstić information content (AvgIpc) is 2.30. The molecule has 0 amide bonds. The maximum absolute atomic E-state index is 5.72. The largest absolute Gasteiger partial charge is 0.154 e. The molecule has 0 radical (unpaired) electrons. The summed E-state index contributed by atoms with van der Waals surface area (Å²) in [6.07, 6.45) is 0. The Kier molecular flexibility index (Phi) is 3.20. The Morgan fingerprint density at radius 2 is 1.81 bits per heavy atom. The number of benzene rings is 1. The number of hydrogen-bond donors (Lipinski definition) is 0. The molecule has 0 bridgehead atoms. The van der Waals surface area contributed by atoms with E-state index in [4.69, 9.17) is 11.6 Å². The second-order valence-electron chi connectivity index (χ2n) is 3.86. The normalized spacial score (nSPS) is 12.4. The lowest BCUT2D eigenvalue weighted by Gasteiger charge is -2.13. The van der Waals surface area contributed by atoms with Crippen molar-refractivity contribution < 1.29 is 0 Å². The highest BCUT2D eigenvalue weighted by molar-refractivity contribution is 6.29. The fourth-order valence-electron chi connectivity index (χ4n) is 1.79. The zero-order valence-electron chi connectivity index (χ0n) is 9.31. The van der Waals surface area contributed by atoms with Gasteiger partial charge in [-0.2, -0.15) is 5.10 Å². The maximum Gasteiger partial charge on any atom is 0.151 e. The third kappa shape index (κ3) is 2.22. The second-order valence-corrected chi connectivity index (χ2v) is 4.25. The molecule has 1 aromatic heterocycles. The molecular weight excluding hydrogens is 220 g/mol. The summed E-state index contributed by atoms with van der Waals surface area (Å²) < 4.78 is 0. The first-order valence-electron chi connectivity index (χ1n) is 5.23. The lowest BCUT2D eigenvalue weighted by Crippen LogP contribution is -2.02. The molecule has 82 valence electrons. The highest BCUT2D eigenvalue weighted by Crippen LogP contribution is 2.24. The first kappa shape index (κ1) is 11.1. The minimum Gasteiger partial charge on any atom is -0.154 e. The average molecular weight is 233 g/mol. The molecule has 0 fully saturated rings. The molecule has 3 heteroatoms. The molecule has 0 N–H and O–H groups in total. The molecule has 0 saturated heterocycles. The van der Waals surface area contributed by atoms with Crippen LogP contribution in [0.4, 0.5) is 0 Å². The van der Waals surface area contributed by atoms with E-state index in [2.05, 4.69) is 36.2 Å². The van der Waals surface area contributed by atoms with Crippen LogP contribution in [0.5, 0.6) is 0 Å². The van der Waals surface area contributed by atoms with E-state index in [1.165, 1.54) is 11.1 Å². The predicted molar refractivity (Wildman–Crippen MR) is 65.7 cm³/mol. The van der Waals surface area contributed by atoms with Gasteiger partial charge in [-0.15, -0.1) is 5.10 Å². The van der Waals surface area contributed by atoms with Crippen molar-refractivity contribution in [2.75, 3.05) is 0 Å². The van der Waals surface area contributed by atoms with E-state index in [0.29, 0.717) is 5.15 Å². The summed E-state index contributed by atoms with van der Waals surface area (Å²) in [6.45, 7) is 4.23. The van der Waals surface area contributed by atoms with E-state index in [9.17, 15) is 0 Å². The van der Waals surface area contributed by atoms with Crippen LogP contribution in [0.3, 0.4) is 0 Å². The SMILES string of the molecule is Cc1ccccc1C(C)c1ccc(Cl)nn1. The summed E-state index contributed by atoms with van der Waals surface area (Å²) >= 11 is 5.72. The summed E-state index contributed by atoms with van der Waals surface area (Å²) in [7, 11) is 0. The molecule has 0 aliphatic heterocycles. The van der Waals surface area contributed by atoms with Gasteiger partial charge in [0.1, 0.15) is 0 Å². The van der Waals surface area contributed by atoms with E-state index < -0.39 is 0 Å². The van der Waals surface area contributed by atoms with Crippen molar-refractivity contribution in [3.8, 4) is 0 Å². The molecule has 16 heavy (non-hydrogen) atoms. The monoisotopic (exact) mass is 232 g/mol. The fraction of sp³-hybridized carbons (Fsp3) is 0.231. The molecule has 1 aromatic carbocycles. The zero-order valence-corrected chi connectivity index (χ0v) is 10.1. The smallest absolute Gasteiger partial charge is 0.151 e. The second kappa shape index (κ2) is 4.62. The van der Waals surface area contributed by atoms with Gasteiger partial charge in [-0.1, -0.05) is 42.8 Å². The quantitative estimate of drug-likeness (QED) is 0.791. The predicted octanol–water partition coefficient (Wildman–Crippen LogP) is 3.59. The Balaban J connectivity index is 2.35. The highest BCUT2D eigenvalue weighted by Gasteiger charge is 2.11. The molecule has 0 spiro atoms. The Hall–Kier alpha value is -1.41. The van der Waals surface area contributed by atoms with Crippen LogP contribution in [0.25, 0.3) is 0 Å². The van der Waals surface area contributed by atoms with Crippen molar-refractivity contribution in [1.29, 1.82) is 0 Å². The number of rotatable bonds is 2. The topological polar surface area (TPSA) is 25.8 Å². The van der Waals surface area contributed by atoms with Crippen molar-refractivity contribution >= 4 is 11.6 Å². The van der Waals surface area contributed by atoms with Crippen LogP contribution in [0.15, 0.2) is 36.4 Å². The van der Waals surface area contributed by atoms with Gasteiger partial charge in [0.05, 0.1) is 5.69 Å². The van der Waals surface area contributed by atoms with Gasteiger partial charge in [-0.25, -0.2) is 0 Å². The van der Waals surface area contributed by atoms with Crippen LogP contribution in [-0.2, 0) is 0 Å². The van der Waals surface area contributed by atoms with Gasteiger partial charge in [-0.3, -0.25) is 0 Å². The van der Waals surface area contributed by atoms with Crippen molar-refractivity contribution in [3.05, 3.63) is 58.4 Å². The van der Waals surface area contributed by atoms with Crippen LogP contribution in [-0.4, -0.2) is 10.2 Å². The third-order valence-electron chi connectivity index (χ3n) is 2.75. The Bertz CT molecular complexity index is 480. The van der Waals surface area contributed by atoms with Gasteiger partial charge in [0, 0.05) is 5.92 Å². The van der Waals surface area contributed by atoms with E-state index in [1.807, 2.05) is 18.2 Å². The Labute approximate surface area is 100 Å². The maximum atomic E-state index is 5.72. The van der Waals surface area contributed by atoms with Gasteiger partial charge in [0.25, 0.3) is 0 Å². The molecule has 1 atom stereocenters. The van der Waals surface area contributed by atoms with Gasteiger partial charge in [-0.05, 0) is 30.2 Å². The summed E-state index contributed by atoms with van der Waals surface area (Å²) in [5.41, 5.74) is 3.49. The number of hydrogen-bond acceptors (Lipinski definition) is 2. The van der Waals surface area contributed by atoms with E-state index in [0.717, 1.165) is 5.69 Å². The fourth-order valence-corrected chi connectivity index (χ4v) is 1.89. The van der Waals surface area contributed by atoms with Crippen molar-refractivity contribution in [2.45, 2.75) is 19.8 Å². The van der Waals surface area contributed by atoms with E-state index in [1.54, 1.807) is 6.07 Å². The minimum atomic E-state index is 0.242. The lowest BCUT2D eigenvalue weighted by atomic mass is 9.94. The molecule has 1 unspecified atom stereocenters. The van der Waals surface area contributed by atoms with E-state index >= 15 is 0 Å². The van der Waals surface area contributed by atoms with Crippen molar-refractivity contribution in [1.82, 2.24) is 10.2 Å². The molecule has 2 rings (SSSR count). The third-order valence-corrected chi connectivity index (χ3v) is 2.95. The van der Waals surface area contributed by atoms with Crippen molar-refractivity contribution in [3.63, 3.8) is 0 Å². The summed E-state index contributed by atoms with van der Waals surface area (Å²) in [4.78, 5) is 0. The number of halogens is 1. The minimum absolute atomic E-state index is 0.242. The van der Waals surface area contributed by atoms with Gasteiger partial charge < -0.3 is 0 Å². The van der Waals surface area contributed by atoms with Crippen LogP contribution >= 0.6 is 11.6 Å². The van der Waals surface area contributed by atoms with Gasteiger partial charge >= 0.3 is 0 Å². The first-order valence-corrected chi connectivity index (χ1v) is 5.61. The van der Waals surface area contributed by atoms with E-state index in [-0.39, 0.29) is 5.92 Å². The number of nitrogens with zero attached hydrogens (tertiary/aromatic N) is 2. The summed E-state index contributed by atoms with van der Waals surface area (Å²) in [5, 5.41) is 8.42. The van der Waals surface area contributed by atoms with Crippen LogP contribution < -0.4 is 0 Å². The van der Waals surface area contributed by atoms with Crippen LogP contribution in [0.1, 0.15) is 29.7 Å². The molecule has 1 heterocycles. The Morgan fingerprint density at radius 3 is 2.44 bits per heavy atom. The lowest BCUT2D eigenvalue weighted by molar-refractivity contribution is 0.817. The zero-order chi connectivity index (χ0) is 11.5. The van der Waals surface area contributed by atoms with Crippen LogP contribution in [0, 0.1) is 6.92 Å². The molecule has 2 nitrogen and oxygen atoms in total. The molecule has 2 aromatic rings. The number of aryl methyl sites for hydroxylation is 1. The number of aromatic nitrogens is 2. The molecule has 0 saturated carbocycles. The summed E-state index contributed by atoms with van der Waals surface area (Å²) in [5.74, 6) is 0.242. The van der Waals surface area contributed by atoms with Gasteiger partial charge in [0.15, 0.2) is 5.15 Å². The Morgan fingerprint density at radius 1 is 1.06 bits per heavy atom.